The molecule has 1 saturated heterocycles. The molecule has 1 aliphatic rings. The summed E-state index contributed by atoms with van der Waals surface area (Å²) in [6.07, 6.45) is 0.727. The monoisotopic (exact) mass is 315 g/mol. The maximum atomic E-state index is 12.6. The molecule has 1 heterocycles. The van der Waals surface area contributed by atoms with E-state index in [1.165, 1.54) is 23.5 Å². The third kappa shape index (κ3) is 2.99. The van der Waals surface area contributed by atoms with Crippen molar-refractivity contribution in [3.05, 3.63) is 28.3 Å². The number of likely N-dealkylation sites (N-methyl/N-ethyl adjacent to an activating group) is 1. The van der Waals surface area contributed by atoms with Gasteiger partial charge in [-0.2, -0.15) is 4.31 Å². The molecule has 0 bridgehead atoms. The molecule has 1 aromatic carbocycles. The highest BCUT2D eigenvalue weighted by Crippen LogP contribution is 2.31. The predicted octanol–water partition coefficient (Wildman–Crippen LogP) is 0.586. The van der Waals surface area contributed by atoms with Crippen LogP contribution in [0.1, 0.15) is 6.42 Å². The van der Waals surface area contributed by atoms with Crippen LogP contribution in [0.15, 0.2) is 23.1 Å². The van der Waals surface area contributed by atoms with E-state index in [2.05, 4.69) is 5.32 Å². The summed E-state index contributed by atoms with van der Waals surface area (Å²) in [7, 11) is -0.646. The topological polar surface area (TPSA) is 102 Å². The summed E-state index contributed by atoms with van der Waals surface area (Å²) in [5, 5.41) is 13.8. The van der Waals surface area contributed by atoms with E-state index in [0.29, 0.717) is 13.1 Å². The van der Waals surface area contributed by atoms with Crippen LogP contribution in [0, 0.1) is 10.1 Å². The van der Waals surface area contributed by atoms with Gasteiger partial charge in [0.05, 0.1) is 18.1 Å². The zero-order valence-corrected chi connectivity index (χ0v) is 12.6. The first-order valence-corrected chi connectivity index (χ1v) is 7.84. The highest BCUT2D eigenvalue weighted by Gasteiger charge is 2.34. The SMILES string of the molecule is CNC1CCN(S(=O)(=O)c2ccc([N+](=O)[O-])cc2OC)C1. The van der Waals surface area contributed by atoms with Gasteiger partial charge in [-0.15, -0.1) is 0 Å². The first-order chi connectivity index (χ1) is 9.90. The molecule has 2 rings (SSSR count). The lowest BCUT2D eigenvalue weighted by atomic mass is 10.3. The van der Waals surface area contributed by atoms with Crippen molar-refractivity contribution in [3.63, 3.8) is 0 Å². The number of sulfonamides is 1. The van der Waals surface area contributed by atoms with Crippen molar-refractivity contribution < 1.29 is 18.1 Å². The first kappa shape index (κ1) is 15.7. The van der Waals surface area contributed by atoms with E-state index in [0.717, 1.165) is 12.5 Å². The van der Waals surface area contributed by atoms with Crippen molar-refractivity contribution in [2.75, 3.05) is 27.2 Å². The molecule has 1 aromatic rings. The number of methoxy groups -OCH3 is 1. The molecule has 1 fully saturated rings. The Morgan fingerprint density at radius 1 is 1.48 bits per heavy atom. The van der Waals surface area contributed by atoms with E-state index in [-0.39, 0.29) is 22.4 Å². The molecule has 1 N–H and O–H groups in total. The molecule has 0 saturated carbocycles. The maximum absolute atomic E-state index is 12.6. The Hall–Kier alpha value is -1.71. The Morgan fingerprint density at radius 3 is 2.71 bits per heavy atom. The molecule has 1 atom stereocenters. The Kier molecular flexibility index (Phi) is 4.45. The number of non-ortho nitro benzene ring substituents is 1. The summed E-state index contributed by atoms with van der Waals surface area (Å²) >= 11 is 0. The molecule has 0 radical (unpaired) electrons. The van der Waals surface area contributed by atoms with Crippen LogP contribution < -0.4 is 10.1 Å². The zero-order valence-electron chi connectivity index (χ0n) is 11.8. The number of rotatable bonds is 5. The van der Waals surface area contributed by atoms with Gasteiger partial charge >= 0.3 is 0 Å². The molecule has 116 valence electrons. The van der Waals surface area contributed by atoms with Gasteiger partial charge in [0.15, 0.2) is 0 Å². The van der Waals surface area contributed by atoms with Crippen LogP contribution in [0.3, 0.4) is 0 Å². The highest BCUT2D eigenvalue weighted by atomic mass is 32.2. The smallest absolute Gasteiger partial charge is 0.273 e. The Bertz CT molecular complexity index is 646. The zero-order chi connectivity index (χ0) is 15.6. The van der Waals surface area contributed by atoms with Crippen LogP contribution in [0.4, 0.5) is 5.69 Å². The maximum Gasteiger partial charge on any atom is 0.273 e. The van der Waals surface area contributed by atoms with Crippen molar-refractivity contribution in [1.29, 1.82) is 0 Å². The standard InChI is InChI=1S/C12H17N3O5S/c1-13-9-5-6-14(8-9)21(18,19)12-4-3-10(15(16)17)7-11(12)20-2/h3-4,7,9,13H,5-6,8H2,1-2H3. The lowest BCUT2D eigenvalue weighted by molar-refractivity contribution is -0.385. The third-order valence-electron chi connectivity index (χ3n) is 3.54. The van der Waals surface area contributed by atoms with E-state index in [1.807, 2.05) is 0 Å². The molecule has 8 nitrogen and oxygen atoms in total. The second kappa shape index (κ2) is 5.96. The fraction of sp³-hybridized carbons (Fsp3) is 0.500. The van der Waals surface area contributed by atoms with Crippen molar-refractivity contribution in [3.8, 4) is 5.75 Å². The van der Waals surface area contributed by atoms with Gasteiger partial charge in [-0.05, 0) is 19.5 Å². The summed E-state index contributed by atoms with van der Waals surface area (Å²) in [4.78, 5) is 10.1. The lowest BCUT2D eigenvalue weighted by Crippen LogP contribution is -2.33. The minimum atomic E-state index is -3.72. The van der Waals surface area contributed by atoms with Crippen LogP contribution in [-0.4, -0.2) is 50.9 Å². The summed E-state index contributed by atoms with van der Waals surface area (Å²) in [5.41, 5.74) is -0.208. The van der Waals surface area contributed by atoms with Gasteiger partial charge < -0.3 is 10.1 Å². The van der Waals surface area contributed by atoms with Crippen molar-refractivity contribution in [2.45, 2.75) is 17.4 Å². The Labute approximate surface area is 122 Å². The van der Waals surface area contributed by atoms with Gasteiger partial charge in [-0.25, -0.2) is 8.42 Å². The number of nitro benzene ring substituents is 1. The highest BCUT2D eigenvalue weighted by molar-refractivity contribution is 7.89. The number of ether oxygens (including phenoxy) is 1. The van der Waals surface area contributed by atoms with Crippen LogP contribution in [0.5, 0.6) is 5.75 Å². The van der Waals surface area contributed by atoms with Crippen LogP contribution in [-0.2, 0) is 10.0 Å². The van der Waals surface area contributed by atoms with Gasteiger partial charge in [0.2, 0.25) is 10.0 Å². The molecule has 0 amide bonds. The second-order valence-corrected chi connectivity index (χ2v) is 6.64. The second-order valence-electron chi connectivity index (χ2n) is 4.73. The Balaban J connectivity index is 2.38. The third-order valence-corrected chi connectivity index (χ3v) is 5.44. The van der Waals surface area contributed by atoms with Crippen LogP contribution in [0.2, 0.25) is 0 Å². The van der Waals surface area contributed by atoms with Crippen LogP contribution in [0.25, 0.3) is 0 Å². The molecular formula is C12H17N3O5S. The average Bonchev–Trinajstić information content (AvgIpc) is 2.96. The molecule has 1 unspecified atom stereocenters. The predicted molar refractivity (Wildman–Crippen MR) is 75.9 cm³/mol. The number of benzene rings is 1. The number of hydrogen-bond donors (Lipinski definition) is 1. The van der Waals surface area contributed by atoms with Gasteiger partial charge in [-0.3, -0.25) is 10.1 Å². The van der Waals surface area contributed by atoms with Crippen molar-refractivity contribution in [1.82, 2.24) is 9.62 Å². The average molecular weight is 315 g/mol. The fourth-order valence-electron chi connectivity index (χ4n) is 2.30. The van der Waals surface area contributed by atoms with E-state index < -0.39 is 14.9 Å². The summed E-state index contributed by atoms with van der Waals surface area (Å²) in [6, 6.07) is 3.63. The van der Waals surface area contributed by atoms with Gasteiger partial charge in [0, 0.05) is 25.2 Å². The molecular weight excluding hydrogens is 298 g/mol. The normalized spacial score (nSPS) is 19.6. The summed E-state index contributed by atoms with van der Waals surface area (Å²) < 4.78 is 31.6. The summed E-state index contributed by atoms with van der Waals surface area (Å²) in [6.45, 7) is 0.785. The minimum absolute atomic E-state index is 0.0166. The van der Waals surface area contributed by atoms with Crippen molar-refractivity contribution in [2.24, 2.45) is 0 Å². The van der Waals surface area contributed by atoms with Crippen LogP contribution >= 0.6 is 0 Å². The number of nitrogens with one attached hydrogen (secondary N) is 1. The van der Waals surface area contributed by atoms with E-state index in [4.69, 9.17) is 4.74 Å². The number of nitro groups is 1. The van der Waals surface area contributed by atoms with Gasteiger partial charge in [-0.1, -0.05) is 0 Å². The molecule has 9 heteroatoms. The quantitative estimate of drug-likeness (QED) is 0.630. The minimum Gasteiger partial charge on any atom is -0.495 e. The molecule has 1 aliphatic heterocycles. The van der Waals surface area contributed by atoms with Crippen molar-refractivity contribution >= 4 is 15.7 Å². The molecule has 21 heavy (non-hydrogen) atoms. The molecule has 0 spiro atoms. The van der Waals surface area contributed by atoms with Gasteiger partial charge in [0.1, 0.15) is 10.6 Å². The fourth-order valence-corrected chi connectivity index (χ4v) is 3.94. The number of hydrogen-bond acceptors (Lipinski definition) is 6. The van der Waals surface area contributed by atoms with E-state index in [1.54, 1.807) is 7.05 Å². The van der Waals surface area contributed by atoms with Gasteiger partial charge in [0.25, 0.3) is 5.69 Å². The molecule has 0 aliphatic carbocycles. The lowest BCUT2D eigenvalue weighted by Gasteiger charge is -2.18. The number of nitrogens with zero attached hydrogens (tertiary/aromatic N) is 2. The molecule has 0 aromatic heterocycles. The largest absolute Gasteiger partial charge is 0.495 e. The first-order valence-electron chi connectivity index (χ1n) is 6.40. The summed E-state index contributed by atoms with van der Waals surface area (Å²) in [5.74, 6) is -0.0166. The van der Waals surface area contributed by atoms with E-state index >= 15 is 0 Å². The van der Waals surface area contributed by atoms with E-state index in [9.17, 15) is 18.5 Å². The Morgan fingerprint density at radius 2 is 2.19 bits per heavy atom.